The van der Waals surface area contributed by atoms with Crippen LogP contribution in [0.5, 0.6) is 0 Å². The van der Waals surface area contributed by atoms with E-state index in [1.807, 2.05) is 0 Å². The van der Waals surface area contributed by atoms with Crippen molar-refractivity contribution < 1.29 is 0 Å². The summed E-state index contributed by atoms with van der Waals surface area (Å²) in [7, 11) is 0. The highest BCUT2D eigenvalue weighted by atomic mass is 16.1. The fourth-order valence-corrected chi connectivity index (χ4v) is 1.41. The second kappa shape index (κ2) is 4.70. The minimum absolute atomic E-state index is 0.254. The topological polar surface area (TPSA) is 86.5 Å². The number of nitrogens with one attached hydrogen (secondary N) is 3. The molecule has 6 nitrogen and oxygen atoms in total. The Morgan fingerprint density at radius 3 is 2.60 bits per heavy atom. The second-order valence-corrected chi connectivity index (χ2v) is 3.32. The maximum Gasteiger partial charge on any atom is 0.325 e. The number of imidazole rings is 1. The lowest BCUT2D eigenvalue weighted by Gasteiger charge is -1.80. The summed E-state index contributed by atoms with van der Waals surface area (Å²) in [5.41, 5.74) is 0.919. The molecule has 0 radical (unpaired) electrons. The van der Waals surface area contributed by atoms with E-state index in [9.17, 15) is 4.79 Å². The predicted molar refractivity (Wildman–Crippen MR) is 56.6 cm³/mol. The summed E-state index contributed by atoms with van der Waals surface area (Å²) >= 11 is 0. The molecule has 0 unspecified atom stereocenters. The van der Waals surface area contributed by atoms with Crippen LogP contribution in [-0.4, -0.2) is 33.0 Å². The van der Waals surface area contributed by atoms with E-state index in [2.05, 4.69) is 25.3 Å². The third-order valence-corrected chi connectivity index (χ3v) is 2.15. The summed E-state index contributed by atoms with van der Waals surface area (Å²) in [5, 5.41) is 3.22. The summed E-state index contributed by atoms with van der Waals surface area (Å²) in [6.45, 7) is 2.50. The van der Waals surface area contributed by atoms with E-state index in [0.29, 0.717) is 11.2 Å². The minimum Gasteiger partial charge on any atom is -0.317 e. The van der Waals surface area contributed by atoms with Gasteiger partial charge in [-0.2, -0.15) is 0 Å². The highest BCUT2D eigenvalue weighted by Gasteiger charge is 1.94. The molecule has 1 aliphatic rings. The smallest absolute Gasteiger partial charge is 0.317 e. The molecule has 0 saturated carbocycles. The van der Waals surface area contributed by atoms with Crippen LogP contribution in [0.2, 0.25) is 0 Å². The normalized spacial score (nSPS) is 14.9. The Hall–Kier alpha value is -1.69. The summed E-state index contributed by atoms with van der Waals surface area (Å²) in [6, 6.07) is 0. The van der Waals surface area contributed by atoms with Crippen LogP contribution in [0.15, 0.2) is 17.3 Å². The molecular formula is C9H13N5O. The van der Waals surface area contributed by atoms with Gasteiger partial charge in [-0.3, -0.25) is 4.98 Å². The Morgan fingerprint density at radius 2 is 2.00 bits per heavy atom. The number of rotatable bonds is 0. The lowest BCUT2D eigenvalue weighted by molar-refractivity contribution is 0.857. The molecule has 1 fully saturated rings. The Kier molecular flexibility index (Phi) is 3.08. The van der Waals surface area contributed by atoms with Crippen molar-refractivity contribution in [1.82, 2.24) is 25.3 Å². The zero-order valence-corrected chi connectivity index (χ0v) is 8.29. The molecule has 0 aromatic carbocycles. The molecule has 2 aromatic rings. The number of H-pyrrole nitrogens is 2. The van der Waals surface area contributed by atoms with E-state index < -0.39 is 0 Å². The van der Waals surface area contributed by atoms with Crippen molar-refractivity contribution >= 4 is 11.2 Å². The molecule has 15 heavy (non-hydrogen) atoms. The zero-order valence-electron chi connectivity index (χ0n) is 8.29. The number of hydrogen-bond donors (Lipinski definition) is 3. The van der Waals surface area contributed by atoms with Crippen LogP contribution in [0, 0.1) is 0 Å². The molecule has 3 rings (SSSR count). The van der Waals surface area contributed by atoms with Crippen molar-refractivity contribution in [2.45, 2.75) is 12.8 Å². The van der Waals surface area contributed by atoms with E-state index in [-0.39, 0.29) is 5.69 Å². The van der Waals surface area contributed by atoms with Gasteiger partial charge in [-0.05, 0) is 25.9 Å². The van der Waals surface area contributed by atoms with Crippen molar-refractivity contribution in [3.05, 3.63) is 23.0 Å². The summed E-state index contributed by atoms with van der Waals surface area (Å²) in [4.78, 5) is 23.2. The third kappa shape index (κ3) is 2.63. The fourth-order valence-electron chi connectivity index (χ4n) is 1.41. The Balaban J connectivity index is 0.000000144. The molecular weight excluding hydrogens is 194 g/mol. The van der Waals surface area contributed by atoms with Gasteiger partial charge in [0.1, 0.15) is 11.8 Å². The van der Waals surface area contributed by atoms with Crippen LogP contribution in [0.3, 0.4) is 0 Å². The SMILES string of the molecule is C1CCNC1.O=c1[nH]c2cncnc2[nH]1. The summed E-state index contributed by atoms with van der Waals surface area (Å²) in [5.74, 6) is 0. The zero-order chi connectivity index (χ0) is 10.5. The fraction of sp³-hybridized carbons (Fsp3) is 0.444. The largest absolute Gasteiger partial charge is 0.325 e. The summed E-state index contributed by atoms with van der Waals surface area (Å²) < 4.78 is 0. The van der Waals surface area contributed by atoms with Gasteiger partial charge in [0, 0.05) is 0 Å². The molecule has 0 atom stereocenters. The van der Waals surface area contributed by atoms with E-state index >= 15 is 0 Å². The van der Waals surface area contributed by atoms with Gasteiger partial charge >= 0.3 is 5.69 Å². The minimum atomic E-state index is -0.254. The molecule has 6 heteroatoms. The molecule has 0 spiro atoms. The molecule has 3 N–H and O–H groups in total. The van der Waals surface area contributed by atoms with Gasteiger partial charge in [-0.1, -0.05) is 0 Å². The lowest BCUT2D eigenvalue weighted by Crippen LogP contribution is -2.03. The first-order valence-electron chi connectivity index (χ1n) is 4.95. The Morgan fingerprint density at radius 1 is 1.20 bits per heavy atom. The number of hydrogen-bond acceptors (Lipinski definition) is 4. The molecule has 0 amide bonds. The van der Waals surface area contributed by atoms with Crippen LogP contribution in [0.4, 0.5) is 0 Å². The van der Waals surface area contributed by atoms with Crippen LogP contribution in [-0.2, 0) is 0 Å². The van der Waals surface area contributed by atoms with E-state index in [0.717, 1.165) is 0 Å². The second-order valence-electron chi connectivity index (χ2n) is 3.32. The number of aromatic nitrogens is 4. The standard InChI is InChI=1S/C5H4N4O.C4H9N/c10-5-8-3-1-6-2-7-4(3)9-5;1-2-4-5-3-1/h1-2H,(H2,6,7,8,9,10);5H,1-4H2. The molecule has 3 heterocycles. The average molecular weight is 207 g/mol. The Labute approximate surface area is 86.2 Å². The highest BCUT2D eigenvalue weighted by Crippen LogP contribution is 1.96. The first-order valence-corrected chi connectivity index (χ1v) is 4.95. The molecule has 0 bridgehead atoms. The monoisotopic (exact) mass is 207 g/mol. The van der Waals surface area contributed by atoms with E-state index in [1.165, 1.54) is 32.3 Å². The average Bonchev–Trinajstić information content (AvgIpc) is 2.87. The highest BCUT2D eigenvalue weighted by molar-refractivity contribution is 5.67. The van der Waals surface area contributed by atoms with Gasteiger partial charge in [0.25, 0.3) is 0 Å². The van der Waals surface area contributed by atoms with Crippen molar-refractivity contribution in [1.29, 1.82) is 0 Å². The maximum absolute atomic E-state index is 10.6. The van der Waals surface area contributed by atoms with Crippen LogP contribution < -0.4 is 11.0 Å². The maximum atomic E-state index is 10.6. The molecule has 2 aromatic heterocycles. The molecule has 80 valence electrons. The van der Waals surface area contributed by atoms with Gasteiger partial charge < -0.3 is 10.3 Å². The third-order valence-electron chi connectivity index (χ3n) is 2.15. The van der Waals surface area contributed by atoms with Gasteiger partial charge in [0.15, 0.2) is 5.65 Å². The number of nitrogens with zero attached hydrogens (tertiary/aromatic N) is 2. The van der Waals surface area contributed by atoms with Crippen molar-refractivity contribution in [3.63, 3.8) is 0 Å². The first kappa shape index (κ1) is 9.85. The quantitative estimate of drug-likeness (QED) is 0.568. The molecule has 0 aliphatic carbocycles. The van der Waals surface area contributed by atoms with Gasteiger partial charge in [-0.15, -0.1) is 0 Å². The number of fused-ring (bicyclic) bond motifs is 1. The van der Waals surface area contributed by atoms with E-state index in [1.54, 1.807) is 6.20 Å². The first-order chi connectivity index (χ1) is 7.36. The lowest BCUT2D eigenvalue weighted by atomic mass is 10.4. The van der Waals surface area contributed by atoms with Crippen molar-refractivity contribution in [2.75, 3.05) is 13.1 Å². The van der Waals surface area contributed by atoms with Gasteiger partial charge in [0.2, 0.25) is 0 Å². The van der Waals surface area contributed by atoms with Crippen molar-refractivity contribution in [3.8, 4) is 0 Å². The Bertz CT molecular complexity index is 427. The van der Waals surface area contributed by atoms with Crippen molar-refractivity contribution in [2.24, 2.45) is 0 Å². The molecule has 1 saturated heterocycles. The van der Waals surface area contributed by atoms with Crippen LogP contribution in [0.25, 0.3) is 11.2 Å². The van der Waals surface area contributed by atoms with Gasteiger partial charge in [-0.25, -0.2) is 14.8 Å². The van der Waals surface area contributed by atoms with Gasteiger partial charge in [0.05, 0.1) is 6.20 Å². The van der Waals surface area contributed by atoms with Crippen LogP contribution in [0.1, 0.15) is 12.8 Å². The predicted octanol–water partition coefficient (Wildman–Crippen LogP) is 0.0160. The summed E-state index contributed by atoms with van der Waals surface area (Å²) in [6.07, 6.45) is 5.70. The van der Waals surface area contributed by atoms with Crippen LogP contribution >= 0.6 is 0 Å². The molecule has 1 aliphatic heterocycles. The number of aromatic amines is 2. The van der Waals surface area contributed by atoms with E-state index in [4.69, 9.17) is 0 Å².